The molecule has 0 atom stereocenters. The van der Waals surface area contributed by atoms with Gasteiger partial charge in [0.15, 0.2) is 11.5 Å². The van der Waals surface area contributed by atoms with E-state index in [0.29, 0.717) is 34.4 Å². The van der Waals surface area contributed by atoms with E-state index in [-0.39, 0.29) is 10.6 Å². The Kier molecular flexibility index (Phi) is 6.35. The molecule has 2 amide bonds. The van der Waals surface area contributed by atoms with Crippen molar-refractivity contribution < 1.29 is 19.1 Å². The van der Waals surface area contributed by atoms with E-state index in [1.807, 2.05) is 30.3 Å². The van der Waals surface area contributed by atoms with Crippen LogP contribution in [0.2, 0.25) is 10.0 Å². The van der Waals surface area contributed by atoms with Crippen LogP contribution in [-0.2, 0) is 16.2 Å². The first-order chi connectivity index (χ1) is 15.5. The van der Waals surface area contributed by atoms with E-state index in [0.717, 1.165) is 10.6 Å². The Morgan fingerprint density at radius 1 is 0.938 bits per heavy atom. The second kappa shape index (κ2) is 9.34. The van der Waals surface area contributed by atoms with Crippen LogP contribution in [0.1, 0.15) is 11.1 Å². The smallest absolute Gasteiger partial charge is 0.282 e. The lowest BCUT2D eigenvalue weighted by atomic mass is 10.1. The fraction of sp³-hybridized carbons (Fsp3) is 0.0833. The quantitative estimate of drug-likeness (QED) is 0.406. The number of carbonyl (C=O) groups excluding carboxylic acids is 2. The SMILES string of the molecule is COc1cc(C=C2C(=O)NN(c3ccc(Cl)c(Cl)c3)C2=O)ccc1OCc1ccccc1. The van der Waals surface area contributed by atoms with Crippen molar-refractivity contribution in [3.8, 4) is 11.5 Å². The number of benzene rings is 3. The number of hydrazine groups is 1. The number of halogens is 2. The summed E-state index contributed by atoms with van der Waals surface area (Å²) in [6.07, 6.45) is 1.50. The van der Waals surface area contributed by atoms with E-state index in [2.05, 4.69) is 5.43 Å². The molecule has 8 heteroatoms. The fourth-order valence-electron chi connectivity index (χ4n) is 3.16. The summed E-state index contributed by atoms with van der Waals surface area (Å²) in [6, 6.07) is 19.6. The summed E-state index contributed by atoms with van der Waals surface area (Å²) in [5.41, 5.74) is 4.56. The van der Waals surface area contributed by atoms with Crippen LogP contribution in [0.3, 0.4) is 0 Å². The third kappa shape index (κ3) is 4.56. The van der Waals surface area contributed by atoms with Gasteiger partial charge < -0.3 is 9.47 Å². The zero-order chi connectivity index (χ0) is 22.7. The topological polar surface area (TPSA) is 67.9 Å². The van der Waals surface area contributed by atoms with Gasteiger partial charge >= 0.3 is 0 Å². The Labute approximate surface area is 194 Å². The van der Waals surface area contributed by atoms with Gasteiger partial charge in [0.2, 0.25) is 0 Å². The molecular weight excluding hydrogens is 451 g/mol. The van der Waals surface area contributed by atoms with Crippen molar-refractivity contribution >= 4 is 46.8 Å². The number of anilines is 1. The molecule has 0 aromatic heterocycles. The minimum atomic E-state index is -0.524. The molecule has 1 heterocycles. The van der Waals surface area contributed by atoms with Crippen LogP contribution >= 0.6 is 23.2 Å². The molecule has 1 aliphatic heterocycles. The van der Waals surface area contributed by atoms with E-state index in [1.54, 1.807) is 30.3 Å². The summed E-state index contributed by atoms with van der Waals surface area (Å²) < 4.78 is 11.3. The molecule has 4 rings (SSSR count). The van der Waals surface area contributed by atoms with E-state index in [1.165, 1.54) is 19.3 Å². The Bertz CT molecular complexity index is 1210. The van der Waals surface area contributed by atoms with Gasteiger partial charge in [0.25, 0.3) is 11.8 Å². The van der Waals surface area contributed by atoms with Gasteiger partial charge in [-0.15, -0.1) is 0 Å². The van der Waals surface area contributed by atoms with Crippen LogP contribution in [0.4, 0.5) is 5.69 Å². The summed E-state index contributed by atoms with van der Waals surface area (Å²) >= 11 is 12.0. The number of nitrogens with one attached hydrogen (secondary N) is 1. The van der Waals surface area contributed by atoms with Crippen LogP contribution in [-0.4, -0.2) is 18.9 Å². The molecule has 1 fully saturated rings. The number of hydrogen-bond donors (Lipinski definition) is 1. The summed E-state index contributed by atoms with van der Waals surface area (Å²) in [4.78, 5) is 25.3. The molecule has 1 saturated heterocycles. The number of amides is 2. The molecule has 0 unspecified atom stereocenters. The van der Waals surface area contributed by atoms with Gasteiger partial charge in [-0.3, -0.25) is 15.0 Å². The van der Waals surface area contributed by atoms with Crippen molar-refractivity contribution in [2.75, 3.05) is 12.1 Å². The molecule has 0 radical (unpaired) electrons. The number of carbonyl (C=O) groups is 2. The summed E-state index contributed by atoms with van der Waals surface area (Å²) in [5, 5.41) is 1.76. The lowest BCUT2D eigenvalue weighted by Crippen LogP contribution is -2.35. The summed E-state index contributed by atoms with van der Waals surface area (Å²) in [7, 11) is 1.53. The fourth-order valence-corrected chi connectivity index (χ4v) is 3.45. The van der Waals surface area contributed by atoms with Crippen LogP contribution < -0.4 is 19.9 Å². The van der Waals surface area contributed by atoms with Crippen molar-refractivity contribution in [1.29, 1.82) is 0 Å². The lowest BCUT2D eigenvalue weighted by Gasteiger charge is -2.15. The van der Waals surface area contributed by atoms with Crippen molar-refractivity contribution in [2.24, 2.45) is 0 Å². The first kappa shape index (κ1) is 21.7. The second-order valence-electron chi connectivity index (χ2n) is 6.92. The maximum absolute atomic E-state index is 12.8. The van der Waals surface area contributed by atoms with E-state index in [4.69, 9.17) is 32.7 Å². The molecule has 1 N–H and O–H groups in total. The molecule has 0 aliphatic carbocycles. The number of ether oxygens (including phenoxy) is 2. The van der Waals surface area contributed by atoms with Crippen molar-refractivity contribution in [3.05, 3.63) is 93.5 Å². The molecule has 162 valence electrons. The minimum absolute atomic E-state index is 0.0175. The third-order valence-corrected chi connectivity index (χ3v) is 5.53. The van der Waals surface area contributed by atoms with Crippen LogP contribution in [0.5, 0.6) is 11.5 Å². The molecule has 6 nitrogen and oxygen atoms in total. The Hall–Kier alpha value is -3.48. The highest BCUT2D eigenvalue weighted by Gasteiger charge is 2.34. The van der Waals surface area contributed by atoms with E-state index in [9.17, 15) is 9.59 Å². The zero-order valence-electron chi connectivity index (χ0n) is 17.0. The molecule has 0 bridgehead atoms. The summed E-state index contributed by atoms with van der Waals surface area (Å²) in [6.45, 7) is 0.386. The largest absolute Gasteiger partial charge is 0.493 e. The monoisotopic (exact) mass is 468 g/mol. The van der Waals surface area contributed by atoms with Gasteiger partial charge in [-0.1, -0.05) is 59.6 Å². The number of rotatable bonds is 6. The zero-order valence-corrected chi connectivity index (χ0v) is 18.5. The van der Waals surface area contributed by atoms with Crippen molar-refractivity contribution in [2.45, 2.75) is 6.61 Å². The molecule has 0 saturated carbocycles. The standard InChI is InChI=1S/C24H18Cl2N2O4/c1-31-22-12-16(7-10-21(22)32-14-15-5-3-2-4-6-15)11-18-23(29)27-28(24(18)30)17-8-9-19(25)20(26)13-17/h2-13H,14H2,1H3,(H,27,29). The highest BCUT2D eigenvalue weighted by Crippen LogP contribution is 2.32. The van der Waals surface area contributed by atoms with Crippen LogP contribution in [0.15, 0.2) is 72.3 Å². The van der Waals surface area contributed by atoms with Crippen LogP contribution in [0, 0.1) is 0 Å². The number of methoxy groups -OCH3 is 1. The van der Waals surface area contributed by atoms with Crippen molar-refractivity contribution in [1.82, 2.24) is 5.43 Å². The second-order valence-corrected chi connectivity index (χ2v) is 7.74. The molecule has 3 aromatic carbocycles. The molecular formula is C24H18Cl2N2O4. The van der Waals surface area contributed by atoms with Gasteiger partial charge in [0.05, 0.1) is 22.8 Å². The third-order valence-electron chi connectivity index (χ3n) is 4.79. The Balaban J connectivity index is 1.55. The van der Waals surface area contributed by atoms with Gasteiger partial charge in [0.1, 0.15) is 12.2 Å². The Morgan fingerprint density at radius 3 is 2.44 bits per heavy atom. The van der Waals surface area contributed by atoms with E-state index >= 15 is 0 Å². The highest BCUT2D eigenvalue weighted by atomic mass is 35.5. The first-order valence-electron chi connectivity index (χ1n) is 9.63. The van der Waals surface area contributed by atoms with Crippen molar-refractivity contribution in [3.63, 3.8) is 0 Å². The van der Waals surface area contributed by atoms with Crippen LogP contribution in [0.25, 0.3) is 6.08 Å². The average molecular weight is 469 g/mol. The predicted octanol–water partition coefficient (Wildman–Crippen LogP) is 5.04. The maximum Gasteiger partial charge on any atom is 0.282 e. The summed E-state index contributed by atoms with van der Waals surface area (Å²) in [5.74, 6) is 0.0156. The van der Waals surface area contributed by atoms with Gasteiger partial charge in [-0.2, -0.15) is 0 Å². The highest BCUT2D eigenvalue weighted by molar-refractivity contribution is 6.42. The average Bonchev–Trinajstić information content (AvgIpc) is 3.09. The molecule has 1 aliphatic rings. The molecule has 32 heavy (non-hydrogen) atoms. The maximum atomic E-state index is 12.8. The first-order valence-corrected chi connectivity index (χ1v) is 10.4. The molecule has 0 spiro atoms. The van der Waals surface area contributed by atoms with E-state index < -0.39 is 11.8 Å². The van der Waals surface area contributed by atoms with Gasteiger partial charge in [0, 0.05) is 0 Å². The minimum Gasteiger partial charge on any atom is -0.493 e. The Morgan fingerprint density at radius 2 is 1.72 bits per heavy atom. The lowest BCUT2D eigenvalue weighted by molar-refractivity contribution is -0.117. The normalized spacial score (nSPS) is 14.6. The number of hydrogen-bond acceptors (Lipinski definition) is 4. The predicted molar refractivity (Wildman–Crippen MR) is 124 cm³/mol. The number of nitrogens with zero attached hydrogens (tertiary/aromatic N) is 1. The molecule has 3 aromatic rings. The van der Waals surface area contributed by atoms with Gasteiger partial charge in [-0.25, -0.2) is 5.01 Å². The van der Waals surface area contributed by atoms with Gasteiger partial charge in [-0.05, 0) is 47.5 Å².